The van der Waals surface area contributed by atoms with Gasteiger partial charge in [-0.1, -0.05) is 31.0 Å². The molecule has 1 fully saturated rings. The Kier molecular flexibility index (Phi) is 5.27. The van der Waals surface area contributed by atoms with Crippen molar-refractivity contribution < 1.29 is 4.79 Å². The van der Waals surface area contributed by atoms with Gasteiger partial charge in [-0.25, -0.2) is 9.97 Å². The molecule has 0 aliphatic heterocycles. The fourth-order valence-corrected chi connectivity index (χ4v) is 3.56. The number of nitrogens with two attached hydrogens (primary N) is 2. The van der Waals surface area contributed by atoms with Gasteiger partial charge in [0, 0.05) is 19.2 Å². The molecule has 0 aromatic carbocycles. The topological polar surface area (TPSA) is 98.1 Å². The van der Waals surface area contributed by atoms with Gasteiger partial charge >= 0.3 is 0 Å². The normalized spacial score (nSPS) is 17.4. The van der Waals surface area contributed by atoms with Crippen molar-refractivity contribution >= 4 is 29.3 Å². The Labute approximate surface area is 129 Å². The van der Waals surface area contributed by atoms with Gasteiger partial charge in [0.05, 0.1) is 5.25 Å². The van der Waals surface area contributed by atoms with Crippen LogP contribution in [0.1, 0.15) is 39.0 Å². The molecule has 4 N–H and O–H groups in total. The van der Waals surface area contributed by atoms with E-state index in [1.165, 1.54) is 37.1 Å². The van der Waals surface area contributed by atoms with Gasteiger partial charge in [-0.15, -0.1) is 0 Å². The van der Waals surface area contributed by atoms with Crippen LogP contribution in [-0.4, -0.2) is 39.1 Å². The maximum Gasteiger partial charge on any atom is 0.235 e. The summed E-state index contributed by atoms with van der Waals surface area (Å²) in [4.78, 5) is 22.6. The van der Waals surface area contributed by atoms with Crippen molar-refractivity contribution in [3.8, 4) is 0 Å². The zero-order valence-corrected chi connectivity index (χ0v) is 13.4. The number of thioether (sulfide) groups is 1. The minimum Gasteiger partial charge on any atom is -0.383 e. The van der Waals surface area contributed by atoms with Crippen LogP contribution in [0.5, 0.6) is 0 Å². The molecule has 1 atom stereocenters. The number of hydrogen-bond acceptors (Lipinski definition) is 6. The van der Waals surface area contributed by atoms with E-state index in [1.807, 2.05) is 18.9 Å². The summed E-state index contributed by atoms with van der Waals surface area (Å²) < 4.78 is 0. The number of carbonyl (C=O) groups excluding carboxylic acids is 1. The van der Waals surface area contributed by atoms with E-state index in [0.717, 1.165) is 12.8 Å². The lowest BCUT2D eigenvalue weighted by atomic mass is 9.94. The second kappa shape index (κ2) is 6.98. The number of nitrogen functional groups attached to an aromatic ring is 2. The third kappa shape index (κ3) is 4.23. The number of anilines is 2. The number of carbonyl (C=O) groups is 1. The van der Waals surface area contributed by atoms with Crippen LogP contribution in [0.4, 0.5) is 11.6 Å². The Morgan fingerprint density at radius 3 is 2.43 bits per heavy atom. The Bertz CT molecular complexity index is 484. The highest BCUT2D eigenvalue weighted by Gasteiger charge is 2.26. The molecule has 0 bridgehead atoms. The molecule has 1 amide bonds. The van der Waals surface area contributed by atoms with Gasteiger partial charge in [-0.05, 0) is 19.8 Å². The molecule has 1 aromatic rings. The molecule has 2 rings (SSSR count). The van der Waals surface area contributed by atoms with Crippen LogP contribution in [0.3, 0.4) is 0 Å². The Hall–Kier alpha value is -1.50. The van der Waals surface area contributed by atoms with Crippen LogP contribution in [-0.2, 0) is 4.79 Å². The van der Waals surface area contributed by atoms with Crippen LogP contribution in [0, 0.1) is 0 Å². The fourth-order valence-electron chi connectivity index (χ4n) is 2.66. The second-order valence-electron chi connectivity index (χ2n) is 5.50. The highest BCUT2D eigenvalue weighted by molar-refractivity contribution is 8.00. The summed E-state index contributed by atoms with van der Waals surface area (Å²) in [6, 6.07) is 1.87. The number of amides is 1. The molecular weight excluding hydrogens is 286 g/mol. The largest absolute Gasteiger partial charge is 0.383 e. The highest BCUT2D eigenvalue weighted by atomic mass is 32.2. The van der Waals surface area contributed by atoms with E-state index in [2.05, 4.69) is 9.97 Å². The molecular formula is C14H23N5OS. The molecule has 1 aliphatic carbocycles. The van der Waals surface area contributed by atoms with E-state index >= 15 is 0 Å². The first-order valence-electron chi connectivity index (χ1n) is 7.30. The summed E-state index contributed by atoms with van der Waals surface area (Å²) in [5.74, 6) is 0.757. The molecule has 1 saturated carbocycles. The first kappa shape index (κ1) is 15.9. The van der Waals surface area contributed by atoms with Crippen LogP contribution in [0.25, 0.3) is 0 Å². The number of aromatic nitrogens is 2. The van der Waals surface area contributed by atoms with Gasteiger partial charge in [0.25, 0.3) is 0 Å². The highest BCUT2D eigenvalue weighted by Crippen LogP contribution is 2.26. The van der Waals surface area contributed by atoms with Crippen LogP contribution < -0.4 is 11.5 Å². The maximum absolute atomic E-state index is 12.5. The first-order chi connectivity index (χ1) is 9.97. The Balaban J connectivity index is 1.98. The third-order valence-corrected chi connectivity index (χ3v) is 4.79. The lowest BCUT2D eigenvalue weighted by Gasteiger charge is -2.32. The van der Waals surface area contributed by atoms with Crippen molar-refractivity contribution in [2.45, 2.75) is 55.5 Å². The van der Waals surface area contributed by atoms with Crippen molar-refractivity contribution in [2.75, 3.05) is 18.5 Å². The van der Waals surface area contributed by atoms with Crippen molar-refractivity contribution in [3.05, 3.63) is 6.07 Å². The molecule has 0 spiro atoms. The molecule has 0 saturated heterocycles. The van der Waals surface area contributed by atoms with E-state index in [9.17, 15) is 4.79 Å². The smallest absolute Gasteiger partial charge is 0.235 e. The third-order valence-electron chi connectivity index (χ3n) is 3.85. The zero-order valence-electron chi connectivity index (χ0n) is 12.6. The quantitative estimate of drug-likeness (QED) is 0.651. The molecule has 0 radical (unpaired) electrons. The van der Waals surface area contributed by atoms with Gasteiger partial charge < -0.3 is 16.4 Å². The molecule has 0 unspecified atom stereocenters. The number of hydrogen-bond donors (Lipinski definition) is 2. The Morgan fingerprint density at radius 2 is 1.86 bits per heavy atom. The van der Waals surface area contributed by atoms with Crippen molar-refractivity contribution in [3.63, 3.8) is 0 Å². The first-order valence-corrected chi connectivity index (χ1v) is 8.18. The van der Waals surface area contributed by atoms with Crippen LogP contribution in [0.15, 0.2) is 11.2 Å². The summed E-state index contributed by atoms with van der Waals surface area (Å²) in [5, 5.41) is 0.198. The summed E-state index contributed by atoms with van der Waals surface area (Å²) in [6.07, 6.45) is 5.89. The minimum atomic E-state index is -0.252. The van der Waals surface area contributed by atoms with Gasteiger partial charge in [-0.2, -0.15) is 0 Å². The summed E-state index contributed by atoms with van der Waals surface area (Å²) in [7, 11) is 1.89. The van der Waals surface area contributed by atoms with Crippen LogP contribution in [0.2, 0.25) is 0 Å². The maximum atomic E-state index is 12.5. The Morgan fingerprint density at radius 1 is 1.29 bits per heavy atom. The van der Waals surface area contributed by atoms with Crippen molar-refractivity contribution in [1.29, 1.82) is 0 Å². The molecule has 1 heterocycles. The van der Waals surface area contributed by atoms with Gasteiger partial charge in [0.15, 0.2) is 5.16 Å². The molecule has 1 aromatic heterocycles. The number of rotatable bonds is 4. The van der Waals surface area contributed by atoms with Crippen molar-refractivity contribution in [2.24, 2.45) is 0 Å². The minimum absolute atomic E-state index is 0.108. The molecule has 6 nitrogen and oxygen atoms in total. The SMILES string of the molecule is C[C@H](Sc1nc(N)cc(N)n1)C(=O)N(C)C1CCCCC1. The van der Waals surface area contributed by atoms with E-state index in [4.69, 9.17) is 11.5 Å². The van der Waals surface area contributed by atoms with Crippen molar-refractivity contribution in [1.82, 2.24) is 14.9 Å². The van der Waals surface area contributed by atoms with Gasteiger partial charge in [-0.3, -0.25) is 4.79 Å². The molecule has 21 heavy (non-hydrogen) atoms. The summed E-state index contributed by atoms with van der Waals surface area (Å²) in [6.45, 7) is 1.87. The van der Waals surface area contributed by atoms with E-state index in [-0.39, 0.29) is 11.2 Å². The molecule has 1 aliphatic rings. The average molecular weight is 309 g/mol. The fraction of sp³-hybridized carbons (Fsp3) is 0.643. The van der Waals surface area contributed by atoms with E-state index < -0.39 is 0 Å². The predicted octanol–water partition coefficient (Wildman–Crippen LogP) is 1.91. The van der Waals surface area contributed by atoms with Gasteiger partial charge in [0.2, 0.25) is 5.91 Å². The standard InChI is InChI=1S/C14H23N5OS/c1-9(21-14-17-11(15)8-12(16)18-14)13(20)19(2)10-6-4-3-5-7-10/h8-10H,3-7H2,1-2H3,(H4,15,16,17,18)/t9-/m0/s1. The molecule has 7 heteroatoms. The van der Waals surface area contributed by atoms with E-state index in [0.29, 0.717) is 22.8 Å². The number of nitrogens with zero attached hydrogens (tertiary/aromatic N) is 3. The lowest BCUT2D eigenvalue weighted by molar-refractivity contribution is -0.131. The monoisotopic (exact) mass is 309 g/mol. The average Bonchev–Trinajstić information content (AvgIpc) is 2.45. The van der Waals surface area contributed by atoms with E-state index in [1.54, 1.807) is 0 Å². The van der Waals surface area contributed by atoms with Gasteiger partial charge in [0.1, 0.15) is 11.6 Å². The molecule has 116 valence electrons. The second-order valence-corrected chi connectivity index (χ2v) is 6.81. The lowest BCUT2D eigenvalue weighted by Crippen LogP contribution is -2.42. The summed E-state index contributed by atoms with van der Waals surface area (Å²) >= 11 is 1.30. The predicted molar refractivity (Wildman–Crippen MR) is 85.8 cm³/mol. The zero-order chi connectivity index (χ0) is 15.4. The summed E-state index contributed by atoms with van der Waals surface area (Å²) in [5.41, 5.74) is 11.3. The van der Waals surface area contributed by atoms with Crippen LogP contribution >= 0.6 is 11.8 Å².